The van der Waals surface area contributed by atoms with Gasteiger partial charge in [0.05, 0.1) is 10.6 Å². The minimum absolute atomic E-state index is 0.0590. The SMILES string of the molecule is CC[C@@H](C)NC(=O)[C@@H](C)N(Cc1ccc(Cl)cc1)C(=O)CN(c1ccc(C)cc1)S(=O)(=O)c1ccc(F)cc1. The van der Waals surface area contributed by atoms with Gasteiger partial charge in [0.2, 0.25) is 11.8 Å². The smallest absolute Gasteiger partial charge is 0.264 e. The monoisotopic (exact) mass is 573 g/mol. The topological polar surface area (TPSA) is 86.8 Å². The van der Waals surface area contributed by atoms with Crippen LogP contribution in [0.5, 0.6) is 0 Å². The van der Waals surface area contributed by atoms with E-state index in [4.69, 9.17) is 11.6 Å². The summed E-state index contributed by atoms with van der Waals surface area (Å²) in [6.45, 7) is 6.76. The number of carbonyl (C=O) groups is 2. The maximum atomic E-state index is 13.9. The number of nitrogens with one attached hydrogen (secondary N) is 1. The van der Waals surface area contributed by atoms with Crippen molar-refractivity contribution < 1.29 is 22.4 Å². The van der Waals surface area contributed by atoms with Crippen LogP contribution < -0.4 is 9.62 Å². The van der Waals surface area contributed by atoms with E-state index in [1.807, 2.05) is 20.8 Å². The van der Waals surface area contributed by atoms with Crippen LogP contribution in [-0.4, -0.2) is 43.8 Å². The summed E-state index contributed by atoms with van der Waals surface area (Å²) in [7, 11) is -4.26. The van der Waals surface area contributed by atoms with Gasteiger partial charge >= 0.3 is 0 Å². The Morgan fingerprint density at radius 1 is 0.949 bits per heavy atom. The average molecular weight is 574 g/mol. The fraction of sp³-hybridized carbons (Fsp3) is 0.310. The van der Waals surface area contributed by atoms with Crippen LogP contribution in [0.3, 0.4) is 0 Å². The average Bonchev–Trinajstić information content (AvgIpc) is 2.91. The highest BCUT2D eigenvalue weighted by molar-refractivity contribution is 7.92. The van der Waals surface area contributed by atoms with Gasteiger partial charge in [0, 0.05) is 17.6 Å². The quantitative estimate of drug-likeness (QED) is 0.337. The molecule has 0 aromatic heterocycles. The minimum atomic E-state index is -4.26. The maximum Gasteiger partial charge on any atom is 0.264 e. The number of nitrogens with zero attached hydrogens (tertiary/aromatic N) is 2. The number of aryl methyl sites for hydroxylation is 1. The number of hydrogen-bond acceptors (Lipinski definition) is 4. The molecule has 0 heterocycles. The fourth-order valence-corrected chi connectivity index (χ4v) is 5.35. The standard InChI is InChI=1S/C29H33ClFN3O4S/c1-5-21(3)32-29(36)22(4)33(18-23-8-10-24(30)11-9-23)28(35)19-34(26-14-6-20(2)7-15-26)39(37,38)27-16-12-25(31)13-17-27/h6-17,21-22H,5,18-19H2,1-4H3,(H,32,36)/t21-,22-/m1/s1. The maximum absolute atomic E-state index is 13.9. The van der Waals surface area contributed by atoms with Gasteiger partial charge in [-0.3, -0.25) is 13.9 Å². The van der Waals surface area contributed by atoms with Gasteiger partial charge in [0.15, 0.2) is 0 Å². The van der Waals surface area contributed by atoms with Gasteiger partial charge in [-0.25, -0.2) is 12.8 Å². The van der Waals surface area contributed by atoms with Gasteiger partial charge in [-0.1, -0.05) is 48.4 Å². The van der Waals surface area contributed by atoms with E-state index in [0.717, 1.165) is 39.7 Å². The lowest BCUT2D eigenvalue weighted by atomic mass is 10.1. The molecule has 7 nitrogen and oxygen atoms in total. The molecule has 208 valence electrons. The number of rotatable bonds is 11. The largest absolute Gasteiger partial charge is 0.352 e. The number of sulfonamides is 1. The zero-order valence-corrected chi connectivity index (χ0v) is 24.0. The van der Waals surface area contributed by atoms with Crippen LogP contribution in [-0.2, 0) is 26.2 Å². The van der Waals surface area contributed by atoms with Crippen LogP contribution in [0.4, 0.5) is 10.1 Å². The molecular weight excluding hydrogens is 541 g/mol. The predicted octanol–water partition coefficient (Wildman–Crippen LogP) is 5.31. The van der Waals surface area contributed by atoms with E-state index < -0.39 is 34.3 Å². The van der Waals surface area contributed by atoms with E-state index in [1.165, 1.54) is 4.90 Å². The van der Waals surface area contributed by atoms with Gasteiger partial charge in [-0.15, -0.1) is 0 Å². The van der Waals surface area contributed by atoms with Crippen molar-refractivity contribution in [3.63, 3.8) is 0 Å². The van der Waals surface area contributed by atoms with Crippen LogP contribution in [0.1, 0.15) is 38.3 Å². The lowest BCUT2D eigenvalue weighted by Gasteiger charge is -2.32. The Morgan fingerprint density at radius 2 is 1.54 bits per heavy atom. The number of amides is 2. The third-order valence-electron chi connectivity index (χ3n) is 6.44. The van der Waals surface area contributed by atoms with Crippen molar-refractivity contribution in [1.29, 1.82) is 0 Å². The molecule has 1 N–H and O–H groups in total. The molecule has 0 fully saturated rings. The normalized spacial score (nSPS) is 12.9. The van der Waals surface area contributed by atoms with Gasteiger partial charge in [-0.05, 0) is 81.3 Å². The molecule has 0 aliphatic rings. The Hall–Kier alpha value is -3.43. The van der Waals surface area contributed by atoms with Crippen molar-refractivity contribution in [1.82, 2.24) is 10.2 Å². The molecule has 3 rings (SSSR count). The molecule has 3 aromatic carbocycles. The second kappa shape index (κ2) is 13.1. The first kappa shape index (κ1) is 30.1. The van der Waals surface area contributed by atoms with Crippen LogP contribution in [0.25, 0.3) is 0 Å². The number of hydrogen-bond donors (Lipinski definition) is 1. The molecule has 0 bridgehead atoms. The summed E-state index contributed by atoms with van der Waals surface area (Å²) in [4.78, 5) is 28.1. The molecule has 39 heavy (non-hydrogen) atoms. The highest BCUT2D eigenvalue weighted by Crippen LogP contribution is 2.25. The number of benzene rings is 3. The fourth-order valence-electron chi connectivity index (χ4n) is 3.81. The van der Waals surface area contributed by atoms with E-state index in [1.54, 1.807) is 55.5 Å². The van der Waals surface area contributed by atoms with Gasteiger partial charge in [0.25, 0.3) is 10.0 Å². The van der Waals surface area contributed by atoms with Crippen molar-refractivity contribution in [3.8, 4) is 0 Å². The molecule has 0 aliphatic heterocycles. The van der Waals surface area contributed by atoms with Gasteiger partial charge in [-0.2, -0.15) is 0 Å². The van der Waals surface area contributed by atoms with E-state index in [2.05, 4.69) is 5.32 Å². The molecular formula is C29H33ClFN3O4S. The molecule has 2 amide bonds. The molecule has 10 heteroatoms. The Labute approximate surface area is 234 Å². The molecule has 0 aliphatic carbocycles. The van der Waals surface area contributed by atoms with Crippen molar-refractivity contribution in [2.75, 3.05) is 10.8 Å². The van der Waals surface area contributed by atoms with Crippen molar-refractivity contribution in [3.05, 3.63) is 94.8 Å². The Morgan fingerprint density at radius 3 is 2.10 bits per heavy atom. The molecule has 0 unspecified atom stereocenters. The first-order valence-corrected chi connectivity index (χ1v) is 14.4. The molecule has 3 aromatic rings. The van der Waals surface area contributed by atoms with E-state index in [9.17, 15) is 22.4 Å². The van der Waals surface area contributed by atoms with Crippen LogP contribution in [0.15, 0.2) is 77.7 Å². The van der Waals surface area contributed by atoms with E-state index in [-0.39, 0.29) is 29.1 Å². The van der Waals surface area contributed by atoms with E-state index in [0.29, 0.717) is 11.4 Å². The molecule has 0 saturated heterocycles. The zero-order chi connectivity index (χ0) is 28.7. The molecule has 0 radical (unpaired) electrons. The number of anilines is 1. The summed E-state index contributed by atoms with van der Waals surface area (Å²) in [5.41, 5.74) is 1.89. The van der Waals surface area contributed by atoms with Crippen LogP contribution in [0.2, 0.25) is 5.02 Å². The number of carbonyl (C=O) groups excluding carboxylic acids is 2. The van der Waals surface area contributed by atoms with E-state index >= 15 is 0 Å². The summed E-state index contributed by atoms with van der Waals surface area (Å²) in [6, 6.07) is 17.0. The second-order valence-corrected chi connectivity index (χ2v) is 11.7. The lowest BCUT2D eigenvalue weighted by molar-refractivity contribution is -0.139. The summed E-state index contributed by atoms with van der Waals surface area (Å²) >= 11 is 6.02. The highest BCUT2D eigenvalue weighted by atomic mass is 35.5. The summed E-state index contributed by atoms with van der Waals surface area (Å²) in [5, 5.41) is 3.41. The second-order valence-electron chi connectivity index (χ2n) is 9.44. The Bertz CT molecular complexity index is 1380. The number of halogens is 2. The zero-order valence-electron chi connectivity index (χ0n) is 22.4. The summed E-state index contributed by atoms with van der Waals surface area (Å²) < 4.78 is 42.0. The van der Waals surface area contributed by atoms with Gasteiger partial charge < -0.3 is 10.2 Å². The molecule has 2 atom stereocenters. The summed E-state index contributed by atoms with van der Waals surface area (Å²) in [5.74, 6) is -1.51. The van der Waals surface area contributed by atoms with Crippen LogP contribution in [0, 0.1) is 12.7 Å². The van der Waals surface area contributed by atoms with Crippen molar-refractivity contribution >= 4 is 39.1 Å². The van der Waals surface area contributed by atoms with Crippen molar-refractivity contribution in [2.24, 2.45) is 0 Å². The summed E-state index contributed by atoms with van der Waals surface area (Å²) in [6.07, 6.45) is 0.709. The third-order valence-corrected chi connectivity index (χ3v) is 8.48. The van der Waals surface area contributed by atoms with Crippen molar-refractivity contribution in [2.45, 2.75) is 57.6 Å². The van der Waals surface area contributed by atoms with Crippen LogP contribution >= 0.6 is 11.6 Å². The predicted molar refractivity (Wildman–Crippen MR) is 151 cm³/mol. The first-order chi connectivity index (χ1) is 18.4. The Kier molecular flexibility index (Phi) is 10.1. The molecule has 0 spiro atoms. The third kappa shape index (κ3) is 7.80. The molecule has 0 saturated carbocycles. The minimum Gasteiger partial charge on any atom is -0.352 e. The first-order valence-electron chi connectivity index (χ1n) is 12.6. The Balaban J connectivity index is 2.01. The highest BCUT2D eigenvalue weighted by Gasteiger charge is 2.32. The van der Waals surface area contributed by atoms with Gasteiger partial charge in [0.1, 0.15) is 18.4 Å². The lowest BCUT2D eigenvalue weighted by Crippen LogP contribution is -2.52.